The van der Waals surface area contributed by atoms with Gasteiger partial charge in [0.25, 0.3) is 10.0 Å². The van der Waals surface area contributed by atoms with E-state index in [0.717, 1.165) is 0 Å². The van der Waals surface area contributed by atoms with Crippen molar-refractivity contribution in [3.8, 4) is 5.75 Å². The largest absolute Gasteiger partial charge is 0.494 e. The number of rotatable bonds is 6. The van der Waals surface area contributed by atoms with Crippen LogP contribution in [0.1, 0.15) is 12.5 Å². The molecule has 108 valence electrons. The first kappa shape index (κ1) is 14.4. The molecular formula is C12H16N4O3S. The molecule has 2 aromatic rings. The number of nitrogens with one attached hydrogen (secondary N) is 2. The molecule has 0 amide bonds. The van der Waals surface area contributed by atoms with Crippen molar-refractivity contribution in [2.45, 2.75) is 18.5 Å². The molecule has 0 saturated heterocycles. The third-order valence-electron chi connectivity index (χ3n) is 2.56. The number of sulfonamides is 1. The van der Waals surface area contributed by atoms with E-state index >= 15 is 0 Å². The first-order valence-corrected chi connectivity index (χ1v) is 7.53. The third kappa shape index (κ3) is 3.09. The van der Waals surface area contributed by atoms with Crippen molar-refractivity contribution in [3.05, 3.63) is 36.0 Å². The van der Waals surface area contributed by atoms with Gasteiger partial charge in [-0.05, 0) is 19.1 Å². The summed E-state index contributed by atoms with van der Waals surface area (Å²) in [5.41, 5.74) is 6.32. The van der Waals surface area contributed by atoms with Crippen molar-refractivity contribution < 1.29 is 13.2 Å². The van der Waals surface area contributed by atoms with Crippen LogP contribution in [0.5, 0.6) is 5.75 Å². The molecule has 0 aliphatic rings. The summed E-state index contributed by atoms with van der Waals surface area (Å²) in [6.07, 6.45) is 1.39. The first-order valence-electron chi connectivity index (χ1n) is 6.05. The van der Waals surface area contributed by atoms with E-state index in [0.29, 0.717) is 23.6 Å². The summed E-state index contributed by atoms with van der Waals surface area (Å²) in [6.45, 7) is 2.45. The molecular weight excluding hydrogens is 280 g/mol. The molecule has 1 aromatic carbocycles. The lowest BCUT2D eigenvalue weighted by atomic mass is 10.3. The Hall–Kier alpha value is -2.06. The summed E-state index contributed by atoms with van der Waals surface area (Å²) in [6, 6.07) is 6.71. The highest BCUT2D eigenvalue weighted by atomic mass is 32.2. The van der Waals surface area contributed by atoms with Gasteiger partial charge in [-0.25, -0.2) is 0 Å². The van der Waals surface area contributed by atoms with E-state index in [2.05, 4.69) is 14.9 Å². The number of H-pyrrole nitrogens is 1. The summed E-state index contributed by atoms with van der Waals surface area (Å²) >= 11 is 0. The number of aromatic amines is 1. The molecule has 8 heteroatoms. The standard InChI is InChI=1S/C12H16N4O3S/c1-2-19-11-5-3-4-10(6-11)16-20(17,18)12-9(7-13)8-14-15-12/h3-6,8,16H,2,7,13H2,1H3,(H,14,15). The lowest BCUT2D eigenvalue weighted by molar-refractivity contribution is 0.340. The van der Waals surface area contributed by atoms with Crippen molar-refractivity contribution in [1.29, 1.82) is 0 Å². The average molecular weight is 296 g/mol. The topological polar surface area (TPSA) is 110 Å². The molecule has 4 N–H and O–H groups in total. The second-order valence-electron chi connectivity index (χ2n) is 3.99. The van der Waals surface area contributed by atoms with Gasteiger partial charge in [0.05, 0.1) is 18.5 Å². The van der Waals surface area contributed by atoms with Crippen LogP contribution in [-0.4, -0.2) is 25.2 Å². The van der Waals surface area contributed by atoms with Gasteiger partial charge in [-0.1, -0.05) is 6.07 Å². The normalized spacial score (nSPS) is 11.3. The van der Waals surface area contributed by atoms with Crippen LogP contribution in [0, 0.1) is 0 Å². The number of nitrogens with two attached hydrogens (primary N) is 1. The number of anilines is 1. The summed E-state index contributed by atoms with van der Waals surface area (Å²) in [5.74, 6) is 0.594. The Labute approximate surface area is 117 Å². The van der Waals surface area contributed by atoms with Crippen LogP contribution in [0.3, 0.4) is 0 Å². The van der Waals surface area contributed by atoms with Gasteiger partial charge in [0.1, 0.15) is 5.75 Å². The van der Waals surface area contributed by atoms with E-state index in [4.69, 9.17) is 10.5 Å². The summed E-state index contributed by atoms with van der Waals surface area (Å²) in [7, 11) is -3.75. The Balaban J connectivity index is 2.26. The highest BCUT2D eigenvalue weighted by Crippen LogP contribution is 2.21. The second-order valence-corrected chi connectivity index (χ2v) is 5.61. The van der Waals surface area contributed by atoms with Crippen molar-refractivity contribution in [2.75, 3.05) is 11.3 Å². The van der Waals surface area contributed by atoms with Crippen LogP contribution in [0.25, 0.3) is 0 Å². The lowest BCUT2D eigenvalue weighted by Crippen LogP contribution is -2.16. The van der Waals surface area contributed by atoms with Crippen LogP contribution in [0.4, 0.5) is 5.69 Å². The predicted molar refractivity (Wildman–Crippen MR) is 74.9 cm³/mol. The molecule has 1 aromatic heterocycles. The molecule has 0 fully saturated rings. The summed E-state index contributed by atoms with van der Waals surface area (Å²) in [4.78, 5) is 0. The number of hydrogen-bond donors (Lipinski definition) is 3. The zero-order valence-corrected chi connectivity index (χ0v) is 11.8. The third-order valence-corrected chi connectivity index (χ3v) is 3.96. The fourth-order valence-electron chi connectivity index (χ4n) is 1.70. The Bertz CT molecular complexity index is 682. The highest BCUT2D eigenvalue weighted by Gasteiger charge is 2.20. The monoisotopic (exact) mass is 296 g/mol. The Morgan fingerprint density at radius 1 is 1.45 bits per heavy atom. The van der Waals surface area contributed by atoms with Crippen LogP contribution >= 0.6 is 0 Å². The fraction of sp³-hybridized carbons (Fsp3) is 0.250. The van der Waals surface area contributed by atoms with E-state index < -0.39 is 10.0 Å². The lowest BCUT2D eigenvalue weighted by Gasteiger charge is -2.09. The van der Waals surface area contributed by atoms with E-state index in [1.54, 1.807) is 24.3 Å². The van der Waals surface area contributed by atoms with Crippen LogP contribution in [-0.2, 0) is 16.6 Å². The van der Waals surface area contributed by atoms with Crippen LogP contribution < -0.4 is 15.2 Å². The number of aromatic nitrogens is 2. The minimum Gasteiger partial charge on any atom is -0.494 e. The van der Waals surface area contributed by atoms with Gasteiger partial charge in [0.2, 0.25) is 0 Å². The van der Waals surface area contributed by atoms with E-state index in [9.17, 15) is 8.42 Å². The van der Waals surface area contributed by atoms with Gasteiger partial charge < -0.3 is 10.5 Å². The van der Waals surface area contributed by atoms with Gasteiger partial charge >= 0.3 is 0 Å². The zero-order chi connectivity index (χ0) is 14.6. The maximum Gasteiger partial charge on any atom is 0.279 e. The first-order chi connectivity index (χ1) is 9.56. The number of ether oxygens (including phenoxy) is 1. The molecule has 0 saturated carbocycles. The van der Waals surface area contributed by atoms with Gasteiger partial charge in [-0.15, -0.1) is 0 Å². The van der Waals surface area contributed by atoms with Gasteiger partial charge in [-0.2, -0.15) is 13.5 Å². The van der Waals surface area contributed by atoms with Gasteiger partial charge in [0, 0.05) is 18.2 Å². The molecule has 2 rings (SSSR count). The second kappa shape index (κ2) is 5.93. The highest BCUT2D eigenvalue weighted by molar-refractivity contribution is 7.92. The van der Waals surface area contributed by atoms with Crippen molar-refractivity contribution in [2.24, 2.45) is 5.73 Å². The van der Waals surface area contributed by atoms with Crippen molar-refractivity contribution in [3.63, 3.8) is 0 Å². The van der Waals surface area contributed by atoms with Gasteiger partial charge in [-0.3, -0.25) is 9.82 Å². The quantitative estimate of drug-likeness (QED) is 0.738. The minimum atomic E-state index is -3.75. The minimum absolute atomic E-state index is 0.0261. The Morgan fingerprint density at radius 3 is 2.95 bits per heavy atom. The molecule has 1 heterocycles. The zero-order valence-electron chi connectivity index (χ0n) is 11.0. The number of nitrogens with zero attached hydrogens (tertiary/aromatic N) is 1. The predicted octanol–water partition coefficient (Wildman–Crippen LogP) is 1.07. The molecule has 0 radical (unpaired) electrons. The number of benzene rings is 1. The van der Waals surface area contributed by atoms with Crippen LogP contribution in [0.15, 0.2) is 35.5 Å². The molecule has 0 unspecified atom stereocenters. The van der Waals surface area contributed by atoms with E-state index in [1.807, 2.05) is 6.92 Å². The van der Waals surface area contributed by atoms with E-state index in [-0.39, 0.29) is 11.6 Å². The molecule has 7 nitrogen and oxygen atoms in total. The molecule has 20 heavy (non-hydrogen) atoms. The molecule has 0 aliphatic heterocycles. The number of hydrogen-bond acceptors (Lipinski definition) is 5. The fourth-order valence-corrected chi connectivity index (χ4v) is 2.89. The summed E-state index contributed by atoms with van der Waals surface area (Å²) < 4.78 is 32.2. The smallest absolute Gasteiger partial charge is 0.279 e. The molecule has 0 spiro atoms. The maximum absolute atomic E-state index is 12.2. The summed E-state index contributed by atoms with van der Waals surface area (Å²) in [5, 5.41) is 6.12. The van der Waals surface area contributed by atoms with Crippen molar-refractivity contribution in [1.82, 2.24) is 10.2 Å². The Morgan fingerprint density at radius 2 is 2.25 bits per heavy atom. The van der Waals surface area contributed by atoms with Crippen LogP contribution in [0.2, 0.25) is 0 Å². The molecule has 0 aliphatic carbocycles. The maximum atomic E-state index is 12.2. The molecule has 0 atom stereocenters. The van der Waals surface area contributed by atoms with Crippen molar-refractivity contribution >= 4 is 15.7 Å². The van der Waals surface area contributed by atoms with Gasteiger partial charge in [0.15, 0.2) is 5.03 Å². The van der Waals surface area contributed by atoms with E-state index in [1.165, 1.54) is 6.20 Å². The SMILES string of the molecule is CCOc1cccc(NS(=O)(=O)c2[nH]ncc2CN)c1. The average Bonchev–Trinajstić information content (AvgIpc) is 2.88. The molecule has 0 bridgehead atoms. The Kier molecular flexibility index (Phi) is 4.26.